The fourth-order valence-electron chi connectivity index (χ4n) is 1.65. The second-order valence-electron chi connectivity index (χ2n) is 4.30. The molecule has 0 bridgehead atoms. The second kappa shape index (κ2) is 6.73. The standard InChI is InChI=1S/C15H11ClN2O4/c16-13-6-5-11(7-12(13)15(21)22)18-17-8-9-1-3-10(4-2-9)14(19)20/h1-8,18H,(H,19,20)(H,21,22)/b17-8-. The van der Waals surface area contributed by atoms with Crippen LogP contribution in [0.1, 0.15) is 26.3 Å². The molecule has 112 valence electrons. The highest BCUT2D eigenvalue weighted by molar-refractivity contribution is 6.33. The van der Waals surface area contributed by atoms with E-state index < -0.39 is 11.9 Å². The van der Waals surface area contributed by atoms with Crippen molar-refractivity contribution in [3.05, 3.63) is 64.2 Å². The van der Waals surface area contributed by atoms with Crippen LogP contribution in [-0.4, -0.2) is 28.4 Å². The Labute approximate surface area is 130 Å². The third kappa shape index (κ3) is 3.83. The van der Waals surface area contributed by atoms with Crippen molar-refractivity contribution < 1.29 is 19.8 Å². The van der Waals surface area contributed by atoms with Crippen LogP contribution >= 0.6 is 11.6 Å². The maximum atomic E-state index is 11.0. The molecule has 0 saturated heterocycles. The van der Waals surface area contributed by atoms with E-state index in [2.05, 4.69) is 10.5 Å². The van der Waals surface area contributed by atoms with Crippen molar-refractivity contribution in [1.82, 2.24) is 0 Å². The first kappa shape index (κ1) is 15.5. The number of aromatic carboxylic acids is 2. The van der Waals surface area contributed by atoms with Gasteiger partial charge < -0.3 is 10.2 Å². The van der Waals surface area contributed by atoms with Gasteiger partial charge in [0.1, 0.15) is 0 Å². The Balaban J connectivity index is 2.07. The molecule has 0 fully saturated rings. The van der Waals surface area contributed by atoms with Gasteiger partial charge >= 0.3 is 11.9 Å². The molecule has 3 N–H and O–H groups in total. The SMILES string of the molecule is O=C(O)c1ccc(/C=N\Nc2ccc(Cl)c(C(=O)O)c2)cc1. The number of carboxylic acid groups (broad SMARTS) is 2. The minimum absolute atomic E-state index is 0.0207. The first-order chi connectivity index (χ1) is 10.5. The largest absolute Gasteiger partial charge is 0.478 e. The molecular formula is C15H11ClN2O4. The lowest BCUT2D eigenvalue weighted by Crippen LogP contribution is -1.99. The molecule has 0 aromatic heterocycles. The molecule has 0 unspecified atom stereocenters. The Morgan fingerprint density at radius 1 is 1.05 bits per heavy atom. The van der Waals surface area contributed by atoms with Gasteiger partial charge in [-0.3, -0.25) is 5.43 Å². The maximum Gasteiger partial charge on any atom is 0.337 e. The van der Waals surface area contributed by atoms with Crippen molar-refractivity contribution in [3.63, 3.8) is 0 Å². The van der Waals surface area contributed by atoms with Gasteiger partial charge in [-0.1, -0.05) is 23.7 Å². The third-order valence-electron chi connectivity index (χ3n) is 2.76. The Hall–Kier alpha value is -2.86. The third-order valence-corrected chi connectivity index (χ3v) is 3.09. The zero-order valence-corrected chi connectivity index (χ0v) is 11.9. The molecule has 0 spiro atoms. The lowest BCUT2D eigenvalue weighted by molar-refractivity contribution is 0.0686. The molecule has 0 aliphatic carbocycles. The first-order valence-electron chi connectivity index (χ1n) is 6.12. The molecular weight excluding hydrogens is 308 g/mol. The van der Waals surface area contributed by atoms with Crippen LogP contribution < -0.4 is 5.43 Å². The van der Waals surface area contributed by atoms with Gasteiger partial charge in [0.25, 0.3) is 0 Å². The van der Waals surface area contributed by atoms with Crippen molar-refractivity contribution in [2.75, 3.05) is 5.43 Å². The van der Waals surface area contributed by atoms with Gasteiger partial charge in [0.05, 0.1) is 28.1 Å². The maximum absolute atomic E-state index is 11.0. The lowest BCUT2D eigenvalue weighted by atomic mass is 10.1. The number of hydrogen-bond donors (Lipinski definition) is 3. The molecule has 0 aliphatic heterocycles. The topological polar surface area (TPSA) is 99.0 Å². The number of hydrazone groups is 1. The van der Waals surface area contributed by atoms with E-state index in [0.717, 1.165) is 0 Å². The molecule has 0 aliphatic rings. The summed E-state index contributed by atoms with van der Waals surface area (Å²) in [4.78, 5) is 21.7. The molecule has 0 saturated carbocycles. The normalized spacial score (nSPS) is 10.6. The molecule has 6 nitrogen and oxygen atoms in total. The number of halogens is 1. The van der Waals surface area contributed by atoms with Crippen molar-refractivity contribution in [3.8, 4) is 0 Å². The minimum atomic E-state index is -1.12. The van der Waals surface area contributed by atoms with E-state index in [1.807, 2.05) is 0 Å². The molecule has 2 aromatic rings. The highest BCUT2D eigenvalue weighted by Gasteiger charge is 2.08. The van der Waals surface area contributed by atoms with Crippen LogP contribution in [0.3, 0.4) is 0 Å². The van der Waals surface area contributed by atoms with Crippen molar-refractivity contribution in [1.29, 1.82) is 0 Å². The van der Waals surface area contributed by atoms with Gasteiger partial charge in [0, 0.05) is 0 Å². The van der Waals surface area contributed by atoms with E-state index in [1.165, 1.54) is 30.5 Å². The van der Waals surface area contributed by atoms with Crippen LogP contribution in [0.4, 0.5) is 5.69 Å². The average molecular weight is 319 g/mol. The zero-order chi connectivity index (χ0) is 16.1. The van der Waals surface area contributed by atoms with Crippen LogP contribution in [0.15, 0.2) is 47.6 Å². The van der Waals surface area contributed by atoms with Gasteiger partial charge in [-0.2, -0.15) is 5.10 Å². The summed E-state index contributed by atoms with van der Waals surface area (Å²) in [5.41, 5.74) is 4.02. The molecule has 0 radical (unpaired) electrons. The molecule has 2 aromatic carbocycles. The van der Waals surface area contributed by atoms with Crippen LogP contribution in [0, 0.1) is 0 Å². The van der Waals surface area contributed by atoms with E-state index in [1.54, 1.807) is 18.2 Å². The highest BCUT2D eigenvalue weighted by atomic mass is 35.5. The Morgan fingerprint density at radius 2 is 1.73 bits per heavy atom. The molecule has 0 atom stereocenters. The summed E-state index contributed by atoms with van der Waals surface area (Å²) >= 11 is 5.77. The van der Waals surface area contributed by atoms with Crippen LogP contribution in [0.25, 0.3) is 0 Å². The predicted octanol–water partition coefficient (Wildman–Crippen LogP) is 3.18. The van der Waals surface area contributed by atoms with Gasteiger partial charge in [0.15, 0.2) is 0 Å². The summed E-state index contributed by atoms with van der Waals surface area (Å²) in [5, 5.41) is 21.9. The Bertz CT molecular complexity index is 742. The summed E-state index contributed by atoms with van der Waals surface area (Å²) in [6, 6.07) is 10.6. The van der Waals surface area contributed by atoms with E-state index >= 15 is 0 Å². The fraction of sp³-hybridized carbons (Fsp3) is 0. The van der Waals surface area contributed by atoms with Crippen LogP contribution in [0.2, 0.25) is 5.02 Å². The van der Waals surface area contributed by atoms with E-state index in [0.29, 0.717) is 11.3 Å². The van der Waals surface area contributed by atoms with Crippen molar-refractivity contribution >= 4 is 35.4 Å². The smallest absolute Gasteiger partial charge is 0.337 e. The quantitative estimate of drug-likeness (QED) is 0.581. The molecule has 2 rings (SSSR count). The second-order valence-corrected chi connectivity index (χ2v) is 4.70. The van der Waals surface area contributed by atoms with E-state index in [-0.39, 0.29) is 16.1 Å². The van der Waals surface area contributed by atoms with E-state index in [9.17, 15) is 9.59 Å². The number of hydrogen-bond acceptors (Lipinski definition) is 4. The average Bonchev–Trinajstić information content (AvgIpc) is 2.49. The van der Waals surface area contributed by atoms with Gasteiger partial charge in [-0.15, -0.1) is 0 Å². The number of carboxylic acids is 2. The van der Waals surface area contributed by atoms with Crippen LogP contribution in [-0.2, 0) is 0 Å². The summed E-state index contributed by atoms with van der Waals surface area (Å²) in [6.45, 7) is 0. The van der Waals surface area contributed by atoms with Crippen molar-refractivity contribution in [2.24, 2.45) is 5.10 Å². The Kier molecular flexibility index (Phi) is 4.75. The summed E-state index contributed by atoms with van der Waals surface area (Å²) in [6.07, 6.45) is 1.49. The fourth-order valence-corrected chi connectivity index (χ4v) is 1.85. The molecule has 0 amide bonds. The number of nitrogens with one attached hydrogen (secondary N) is 1. The Morgan fingerprint density at radius 3 is 2.32 bits per heavy atom. The molecule has 7 heteroatoms. The minimum Gasteiger partial charge on any atom is -0.478 e. The molecule has 0 heterocycles. The van der Waals surface area contributed by atoms with Crippen molar-refractivity contribution in [2.45, 2.75) is 0 Å². The van der Waals surface area contributed by atoms with Gasteiger partial charge in [-0.05, 0) is 35.9 Å². The number of rotatable bonds is 5. The predicted molar refractivity (Wildman–Crippen MR) is 83.0 cm³/mol. The summed E-state index contributed by atoms with van der Waals surface area (Å²) in [5.74, 6) is -2.12. The monoisotopic (exact) mass is 318 g/mol. The number of anilines is 1. The number of benzene rings is 2. The number of nitrogens with zero attached hydrogens (tertiary/aromatic N) is 1. The van der Waals surface area contributed by atoms with E-state index in [4.69, 9.17) is 21.8 Å². The van der Waals surface area contributed by atoms with Crippen LogP contribution in [0.5, 0.6) is 0 Å². The van der Waals surface area contributed by atoms with Gasteiger partial charge in [0.2, 0.25) is 0 Å². The first-order valence-corrected chi connectivity index (χ1v) is 6.50. The summed E-state index contributed by atoms with van der Waals surface area (Å²) < 4.78 is 0. The van der Waals surface area contributed by atoms with Gasteiger partial charge in [-0.25, -0.2) is 9.59 Å². The zero-order valence-electron chi connectivity index (χ0n) is 11.2. The summed E-state index contributed by atoms with van der Waals surface area (Å²) in [7, 11) is 0. The lowest BCUT2D eigenvalue weighted by Gasteiger charge is -2.03. The number of carbonyl (C=O) groups is 2. The molecule has 22 heavy (non-hydrogen) atoms. The highest BCUT2D eigenvalue weighted by Crippen LogP contribution is 2.20.